The van der Waals surface area contributed by atoms with Crippen LogP contribution in [-0.4, -0.2) is 31.9 Å². The Kier molecular flexibility index (Phi) is 4.66. The van der Waals surface area contributed by atoms with E-state index < -0.39 is 10.0 Å². The second-order valence-corrected chi connectivity index (χ2v) is 10.7. The molecule has 2 aromatic carbocycles. The largest absolute Gasteiger partial charge is 0.325 e. The van der Waals surface area contributed by atoms with Crippen LogP contribution in [0.1, 0.15) is 13.3 Å². The minimum atomic E-state index is -3.71. The predicted octanol–water partition coefficient (Wildman–Crippen LogP) is 3.81. The summed E-state index contributed by atoms with van der Waals surface area (Å²) in [5, 5.41) is 2.98. The molecule has 0 aromatic heterocycles. The smallest absolute Gasteiger partial charge is 0.264 e. The lowest BCUT2D eigenvalue weighted by molar-refractivity contribution is -0.115. The number of nitrogens with zero attached hydrogens (tertiary/aromatic N) is 1. The number of fused-ring (bicyclic) bond motifs is 2. The quantitative estimate of drug-likeness (QED) is 0.821. The summed E-state index contributed by atoms with van der Waals surface area (Å²) in [6.45, 7) is 2.44. The summed E-state index contributed by atoms with van der Waals surface area (Å²) in [6, 6.07) is 12.6. The van der Waals surface area contributed by atoms with E-state index >= 15 is 0 Å². The van der Waals surface area contributed by atoms with Gasteiger partial charge in [-0.15, -0.1) is 23.5 Å². The lowest BCUT2D eigenvalue weighted by Crippen LogP contribution is -2.38. The molecule has 0 fully saturated rings. The highest BCUT2D eigenvalue weighted by Crippen LogP contribution is 2.41. The van der Waals surface area contributed by atoms with Gasteiger partial charge in [-0.2, -0.15) is 0 Å². The SMILES string of the molecule is C[C@H]1CN(S(=O)(=O)c2ccc3c(c2)NC(=O)CCS3)c2ccccc2S1. The van der Waals surface area contributed by atoms with Crippen molar-refractivity contribution in [2.24, 2.45) is 0 Å². The molecule has 1 amide bonds. The third-order valence-corrected chi connectivity index (χ3v) is 8.29. The monoisotopic (exact) mass is 406 g/mol. The molecule has 0 saturated carbocycles. The van der Waals surface area contributed by atoms with Crippen molar-refractivity contribution in [3.05, 3.63) is 42.5 Å². The Morgan fingerprint density at radius 3 is 2.81 bits per heavy atom. The molecule has 0 radical (unpaired) electrons. The van der Waals surface area contributed by atoms with Gasteiger partial charge in [-0.05, 0) is 30.3 Å². The van der Waals surface area contributed by atoms with Crippen LogP contribution in [0.2, 0.25) is 0 Å². The van der Waals surface area contributed by atoms with Gasteiger partial charge in [0.25, 0.3) is 10.0 Å². The van der Waals surface area contributed by atoms with Gasteiger partial charge in [0.15, 0.2) is 0 Å². The van der Waals surface area contributed by atoms with Crippen molar-refractivity contribution in [3.63, 3.8) is 0 Å². The van der Waals surface area contributed by atoms with E-state index in [4.69, 9.17) is 0 Å². The first-order chi connectivity index (χ1) is 12.4. The highest BCUT2D eigenvalue weighted by atomic mass is 32.2. The number of hydrogen-bond acceptors (Lipinski definition) is 5. The molecule has 0 unspecified atom stereocenters. The predicted molar refractivity (Wildman–Crippen MR) is 107 cm³/mol. The first-order valence-corrected chi connectivity index (χ1v) is 11.6. The van der Waals surface area contributed by atoms with E-state index in [1.54, 1.807) is 41.7 Å². The summed E-state index contributed by atoms with van der Waals surface area (Å²) in [5.74, 6) is 0.609. The maximum Gasteiger partial charge on any atom is 0.264 e. The summed E-state index contributed by atoms with van der Waals surface area (Å²) in [4.78, 5) is 13.9. The summed E-state index contributed by atoms with van der Waals surface area (Å²) < 4.78 is 28.2. The van der Waals surface area contributed by atoms with Gasteiger partial charge in [0.2, 0.25) is 5.91 Å². The molecule has 26 heavy (non-hydrogen) atoms. The summed E-state index contributed by atoms with van der Waals surface area (Å²) in [5.41, 5.74) is 1.29. The van der Waals surface area contributed by atoms with Crippen LogP contribution in [0.3, 0.4) is 0 Å². The Morgan fingerprint density at radius 2 is 1.96 bits per heavy atom. The van der Waals surface area contributed by atoms with E-state index in [-0.39, 0.29) is 16.1 Å². The third kappa shape index (κ3) is 3.21. The van der Waals surface area contributed by atoms with Crippen LogP contribution in [0, 0.1) is 0 Å². The van der Waals surface area contributed by atoms with Gasteiger partial charge in [0.1, 0.15) is 0 Å². The second-order valence-electron chi connectivity index (χ2n) is 6.24. The van der Waals surface area contributed by atoms with Crippen LogP contribution in [-0.2, 0) is 14.8 Å². The van der Waals surface area contributed by atoms with E-state index in [9.17, 15) is 13.2 Å². The zero-order valence-electron chi connectivity index (χ0n) is 14.1. The van der Waals surface area contributed by atoms with Crippen molar-refractivity contribution < 1.29 is 13.2 Å². The summed E-state index contributed by atoms with van der Waals surface area (Å²) in [6.07, 6.45) is 0.426. The number of benzene rings is 2. The summed E-state index contributed by atoms with van der Waals surface area (Å²) in [7, 11) is -3.71. The molecule has 1 atom stereocenters. The van der Waals surface area contributed by atoms with E-state index in [1.807, 2.05) is 31.2 Å². The van der Waals surface area contributed by atoms with Crippen LogP contribution in [0.25, 0.3) is 0 Å². The minimum absolute atomic E-state index is 0.0841. The van der Waals surface area contributed by atoms with Gasteiger partial charge in [-0.1, -0.05) is 19.1 Å². The second kappa shape index (κ2) is 6.83. The fourth-order valence-corrected chi connectivity index (χ4v) is 6.86. The topological polar surface area (TPSA) is 66.5 Å². The van der Waals surface area contributed by atoms with Crippen molar-refractivity contribution in [1.82, 2.24) is 0 Å². The number of para-hydroxylation sites is 1. The Hall–Kier alpha value is -1.64. The van der Waals surface area contributed by atoms with Crippen molar-refractivity contribution in [2.75, 3.05) is 21.9 Å². The number of anilines is 2. The molecule has 2 aromatic rings. The van der Waals surface area contributed by atoms with Crippen molar-refractivity contribution in [3.8, 4) is 0 Å². The minimum Gasteiger partial charge on any atom is -0.325 e. The molecule has 1 N–H and O–H groups in total. The van der Waals surface area contributed by atoms with Gasteiger partial charge in [0, 0.05) is 33.8 Å². The normalized spacial score (nSPS) is 20.0. The molecule has 5 nitrogen and oxygen atoms in total. The number of carbonyl (C=O) groups is 1. The number of carbonyl (C=O) groups excluding carboxylic acids is 1. The Balaban J connectivity index is 1.77. The van der Waals surface area contributed by atoms with Crippen molar-refractivity contribution in [1.29, 1.82) is 0 Å². The van der Waals surface area contributed by atoms with Crippen molar-refractivity contribution >= 4 is 50.8 Å². The van der Waals surface area contributed by atoms with Crippen LogP contribution < -0.4 is 9.62 Å². The average molecular weight is 407 g/mol. The number of rotatable bonds is 2. The standard InChI is InChI=1S/C18H18N2O3S3/c1-12-11-20(15-4-2-3-5-17(15)25-12)26(22,23)13-6-7-16-14(10-13)19-18(21)8-9-24-16/h2-7,10,12H,8-9,11H2,1H3,(H,19,21)/t12-/m0/s1. The summed E-state index contributed by atoms with van der Waals surface area (Å²) >= 11 is 3.25. The molecular formula is C18H18N2O3S3. The van der Waals surface area contributed by atoms with E-state index in [2.05, 4.69) is 5.32 Å². The Labute approximate surface area is 161 Å². The molecule has 0 saturated heterocycles. The molecule has 0 spiro atoms. The van der Waals surface area contributed by atoms with Gasteiger partial charge < -0.3 is 5.32 Å². The zero-order valence-corrected chi connectivity index (χ0v) is 16.6. The lowest BCUT2D eigenvalue weighted by atomic mass is 10.3. The van der Waals surface area contributed by atoms with Crippen LogP contribution in [0.5, 0.6) is 0 Å². The molecule has 4 rings (SSSR count). The lowest BCUT2D eigenvalue weighted by Gasteiger charge is -2.33. The van der Waals surface area contributed by atoms with Gasteiger partial charge in [-0.3, -0.25) is 9.10 Å². The van der Waals surface area contributed by atoms with Crippen molar-refractivity contribution in [2.45, 2.75) is 33.3 Å². The molecule has 2 aliphatic rings. The fourth-order valence-electron chi connectivity index (χ4n) is 3.06. The molecule has 136 valence electrons. The van der Waals surface area contributed by atoms with Crippen LogP contribution in [0.4, 0.5) is 11.4 Å². The highest BCUT2D eigenvalue weighted by Gasteiger charge is 2.32. The Bertz CT molecular complexity index is 975. The zero-order chi connectivity index (χ0) is 18.3. The maximum absolute atomic E-state index is 13.3. The first kappa shape index (κ1) is 17.8. The van der Waals surface area contributed by atoms with Gasteiger partial charge in [-0.25, -0.2) is 8.42 Å². The molecule has 0 bridgehead atoms. The molecule has 2 heterocycles. The average Bonchev–Trinajstić information content (AvgIpc) is 2.80. The van der Waals surface area contributed by atoms with E-state index in [1.165, 1.54) is 4.31 Å². The number of nitrogens with one attached hydrogen (secondary N) is 1. The van der Waals surface area contributed by atoms with Crippen LogP contribution >= 0.6 is 23.5 Å². The van der Waals surface area contributed by atoms with E-state index in [0.717, 1.165) is 9.79 Å². The molecule has 2 aliphatic heterocycles. The van der Waals surface area contributed by atoms with Crippen LogP contribution in [0.15, 0.2) is 57.2 Å². The fraction of sp³-hybridized carbons (Fsp3) is 0.278. The highest BCUT2D eigenvalue weighted by molar-refractivity contribution is 8.00. The number of thioether (sulfide) groups is 2. The van der Waals surface area contributed by atoms with Gasteiger partial charge in [0.05, 0.1) is 16.3 Å². The molecular weight excluding hydrogens is 388 g/mol. The van der Waals surface area contributed by atoms with Gasteiger partial charge >= 0.3 is 0 Å². The first-order valence-electron chi connectivity index (χ1n) is 8.30. The van der Waals surface area contributed by atoms with E-state index in [0.29, 0.717) is 30.1 Å². The number of sulfonamides is 1. The molecule has 8 heteroatoms. The Morgan fingerprint density at radius 1 is 1.15 bits per heavy atom. The molecule has 0 aliphatic carbocycles. The number of hydrogen-bond donors (Lipinski definition) is 1. The maximum atomic E-state index is 13.3. The third-order valence-electron chi connectivity index (χ3n) is 4.28. The number of amides is 1.